The molecule has 2 N–H and O–H groups in total. The maximum atomic E-state index is 11.5. The minimum absolute atomic E-state index is 0.112. The molecule has 4 heteroatoms. The number of hydrogen-bond donors (Lipinski definition) is 2. The van der Waals surface area contributed by atoms with Crippen LogP contribution in [0.25, 0.3) is 12.3 Å². The lowest BCUT2D eigenvalue weighted by molar-refractivity contribution is 0.969. The number of nitrogens with one attached hydrogen (secondary N) is 2. The summed E-state index contributed by atoms with van der Waals surface area (Å²) in [5, 5.41) is 4.28. The second-order valence-electron chi connectivity index (χ2n) is 3.26. The van der Waals surface area contributed by atoms with Crippen LogP contribution in [0.2, 0.25) is 0 Å². The van der Waals surface area contributed by atoms with Gasteiger partial charge in [-0.25, -0.2) is 4.98 Å². The summed E-state index contributed by atoms with van der Waals surface area (Å²) in [7, 11) is 0. The van der Waals surface area contributed by atoms with E-state index in [1.807, 2.05) is 19.1 Å². The number of aryl methyl sites for hydroxylation is 1. The fourth-order valence-electron chi connectivity index (χ4n) is 1.32. The third-order valence-electron chi connectivity index (χ3n) is 2.04. The Kier molecular flexibility index (Phi) is 1.96. The summed E-state index contributed by atoms with van der Waals surface area (Å²) in [5.74, 6) is 0.631. The number of aromatic nitrogens is 2. The third-order valence-corrected chi connectivity index (χ3v) is 2.04. The van der Waals surface area contributed by atoms with Crippen molar-refractivity contribution in [2.24, 2.45) is 0 Å². The second kappa shape index (κ2) is 3.14. The molecule has 0 atom stereocenters. The summed E-state index contributed by atoms with van der Waals surface area (Å²) in [4.78, 5) is 18.4. The maximum Gasteiger partial charge on any atom is 0.260 e. The number of aromatic amines is 1. The van der Waals surface area contributed by atoms with E-state index in [1.165, 1.54) is 0 Å². The highest BCUT2D eigenvalue weighted by Crippen LogP contribution is 1.87. The van der Waals surface area contributed by atoms with Crippen LogP contribution in [-0.4, -0.2) is 9.97 Å². The van der Waals surface area contributed by atoms with Crippen molar-refractivity contribution in [1.82, 2.24) is 15.3 Å². The van der Waals surface area contributed by atoms with Gasteiger partial charge in [-0.2, -0.15) is 0 Å². The SMILES string of the molecule is CC1=CC=c2nc(C)[nH]c(=O)c2=CN1. The molecule has 1 aliphatic rings. The predicted molar refractivity (Wildman–Crippen MR) is 54.7 cm³/mol. The predicted octanol–water partition coefficient (Wildman–Crippen LogP) is -0.896. The molecule has 0 bridgehead atoms. The number of H-pyrrole nitrogens is 1. The Morgan fingerprint density at radius 2 is 2.07 bits per heavy atom. The standard InChI is InChI=1S/C10H11N3O/c1-6-3-4-9-8(5-11-6)10(14)13-7(2)12-9/h3-5,11H,1-2H3,(H,12,13,14). The first kappa shape index (κ1) is 8.74. The number of nitrogens with zero attached hydrogens (tertiary/aromatic N) is 1. The zero-order chi connectivity index (χ0) is 10.1. The lowest BCUT2D eigenvalue weighted by Crippen LogP contribution is -2.44. The quantitative estimate of drug-likeness (QED) is 0.556. The first-order valence-corrected chi connectivity index (χ1v) is 4.39. The lowest BCUT2D eigenvalue weighted by Gasteiger charge is -1.94. The van der Waals surface area contributed by atoms with Gasteiger partial charge in [-0.1, -0.05) is 0 Å². The first-order valence-electron chi connectivity index (χ1n) is 4.39. The van der Waals surface area contributed by atoms with Crippen LogP contribution in [0.1, 0.15) is 12.7 Å². The average molecular weight is 189 g/mol. The molecule has 4 nitrogen and oxygen atoms in total. The number of hydrogen-bond acceptors (Lipinski definition) is 3. The van der Waals surface area contributed by atoms with E-state index in [9.17, 15) is 4.79 Å². The summed E-state index contributed by atoms with van der Waals surface area (Å²) in [6.07, 6.45) is 5.41. The fourth-order valence-corrected chi connectivity index (χ4v) is 1.32. The summed E-state index contributed by atoms with van der Waals surface area (Å²) in [6.45, 7) is 3.70. The van der Waals surface area contributed by atoms with Gasteiger partial charge in [0, 0.05) is 11.9 Å². The van der Waals surface area contributed by atoms with Crippen LogP contribution in [0.4, 0.5) is 0 Å². The molecule has 0 spiro atoms. The van der Waals surface area contributed by atoms with Crippen molar-refractivity contribution in [3.8, 4) is 0 Å². The van der Waals surface area contributed by atoms with Gasteiger partial charge in [-0.05, 0) is 26.0 Å². The summed E-state index contributed by atoms with van der Waals surface area (Å²) >= 11 is 0. The van der Waals surface area contributed by atoms with E-state index in [0.29, 0.717) is 16.4 Å². The fraction of sp³-hybridized carbons (Fsp3) is 0.200. The molecule has 1 aromatic rings. The molecule has 0 amide bonds. The molecule has 2 rings (SSSR count). The minimum atomic E-state index is -0.112. The zero-order valence-electron chi connectivity index (χ0n) is 8.09. The van der Waals surface area contributed by atoms with Crippen LogP contribution >= 0.6 is 0 Å². The Morgan fingerprint density at radius 3 is 2.86 bits per heavy atom. The van der Waals surface area contributed by atoms with Crippen LogP contribution in [0.15, 0.2) is 16.6 Å². The van der Waals surface area contributed by atoms with Crippen LogP contribution in [0.5, 0.6) is 0 Å². The lowest BCUT2D eigenvalue weighted by atomic mass is 10.3. The van der Waals surface area contributed by atoms with E-state index in [4.69, 9.17) is 0 Å². The molecule has 0 aliphatic carbocycles. The molecule has 2 heterocycles. The molecule has 0 unspecified atom stereocenters. The highest BCUT2D eigenvalue weighted by Gasteiger charge is 1.98. The molecule has 1 aliphatic heterocycles. The minimum Gasteiger partial charge on any atom is -0.364 e. The van der Waals surface area contributed by atoms with Crippen molar-refractivity contribution < 1.29 is 0 Å². The normalized spacial score (nSPS) is 14.0. The van der Waals surface area contributed by atoms with Gasteiger partial charge in [0.1, 0.15) is 5.82 Å². The van der Waals surface area contributed by atoms with Crippen LogP contribution in [0, 0.1) is 6.92 Å². The van der Waals surface area contributed by atoms with Crippen molar-refractivity contribution in [3.63, 3.8) is 0 Å². The Hall–Kier alpha value is -1.84. The molecule has 14 heavy (non-hydrogen) atoms. The molecule has 0 saturated heterocycles. The molecule has 72 valence electrons. The molecule has 0 fully saturated rings. The van der Waals surface area contributed by atoms with Gasteiger partial charge < -0.3 is 10.3 Å². The third kappa shape index (κ3) is 1.46. The van der Waals surface area contributed by atoms with Crippen molar-refractivity contribution in [1.29, 1.82) is 0 Å². The van der Waals surface area contributed by atoms with Crippen LogP contribution in [-0.2, 0) is 0 Å². The Labute approximate surface area is 80.7 Å². The Bertz CT molecular complexity index is 566. The maximum absolute atomic E-state index is 11.5. The Morgan fingerprint density at radius 1 is 1.29 bits per heavy atom. The highest BCUT2D eigenvalue weighted by molar-refractivity contribution is 5.42. The summed E-state index contributed by atoms with van der Waals surface area (Å²) < 4.78 is 0. The monoisotopic (exact) mass is 189 g/mol. The molecule has 0 radical (unpaired) electrons. The van der Waals surface area contributed by atoms with E-state index in [2.05, 4.69) is 15.3 Å². The van der Waals surface area contributed by atoms with Gasteiger partial charge in [0.2, 0.25) is 0 Å². The van der Waals surface area contributed by atoms with E-state index in [-0.39, 0.29) is 5.56 Å². The molecule has 1 aromatic heterocycles. The smallest absolute Gasteiger partial charge is 0.260 e. The second-order valence-corrected chi connectivity index (χ2v) is 3.26. The van der Waals surface area contributed by atoms with E-state index < -0.39 is 0 Å². The topological polar surface area (TPSA) is 57.8 Å². The highest BCUT2D eigenvalue weighted by atomic mass is 16.1. The van der Waals surface area contributed by atoms with Crippen molar-refractivity contribution in [2.75, 3.05) is 0 Å². The summed E-state index contributed by atoms with van der Waals surface area (Å²) in [6, 6.07) is 0. The van der Waals surface area contributed by atoms with E-state index in [0.717, 1.165) is 5.70 Å². The molecule has 0 aromatic carbocycles. The zero-order valence-corrected chi connectivity index (χ0v) is 8.09. The van der Waals surface area contributed by atoms with E-state index >= 15 is 0 Å². The Balaban J connectivity index is 2.87. The van der Waals surface area contributed by atoms with Crippen molar-refractivity contribution in [3.05, 3.63) is 38.5 Å². The van der Waals surface area contributed by atoms with Crippen LogP contribution in [0.3, 0.4) is 0 Å². The van der Waals surface area contributed by atoms with Gasteiger partial charge in [-0.3, -0.25) is 4.79 Å². The van der Waals surface area contributed by atoms with E-state index in [1.54, 1.807) is 13.1 Å². The number of fused-ring (bicyclic) bond motifs is 1. The van der Waals surface area contributed by atoms with Gasteiger partial charge in [0.05, 0.1) is 10.6 Å². The largest absolute Gasteiger partial charge is 0.364 e. The molecular formula is C10H11N3O. The average Bonchev–Trinajstić information content (AvgIpc) is 2.28. The van der Waals surface area contributed by atoms with Gasteiger partial charge in [0.25, 0.3) is 5.56 Å². The van der Waals surface area contributed by atoms with Crippen molar-refractivity contribution >= 4 is 12.3 Å². The first-order chi connectivity index (χ1) is 6.66. The molecule has 0 saturated carbocycles. The van der Waals surface area contributed by atoms with Gasteiger partial charge in [-0.15, -0.1) is 0 Å². The van der Waals surface area contributed by atoms with Crippen molar-refractivity contribution in [2.45, 2.75) is 13.8 Å². The van der Waals surface area contributed by atoms with Gasteiger partial charge >= 0.3 is 0 Å². The molecular weight excluding hydrogens is 178 g/mol. The van der Waals surface area contributed by atoms with Gasteiger partial charge in [0.15, 0.2) is 0 Å². The summed E-state index contributed by atoms with van der Waals surface area (Å²) in [5.41, 5.74) is 0.874. The number of rotatable bonds is 0. The van der Waals surface area contributed by atoms with Crippen LogP contribution < -0.4 is 21.4 Å². The number of allylic oxidation sites excluding steroid dienone is 2.